The van der Waals surface area contributed by atoms with E-state index < -0.39 is 5.60 Å². The van der Waals surface area contributed by atoms with Crippen molar-refractivity contribution in [2.24, 2.45) is 0 Å². The molecule has 0 bridgehead atoms. The Balaban J connectivity index is 0.00000156. The number of benzene rings is 1. The Labute approximate surface area is 162 Å². The number of piperidine rings is 2. The zero-order chi connectivity index (χ0) is 16.1. The fourth-order valence-corrected chi connectivity index (χ4v) is 3.64. The third-order valence-electron chi connectivity index (χ3n) is 5.09. The van der Waals surface area contributed by atoms with Crippen molar-refractivity contribution in [1.82, 2.24) is 10.6 Å². The maximum absolute atomic E-state index is 12.8. The van der Waals surface area contributed by atoms with E-state index in [1.165, 1.54) is 5.69 Å². The van der Waals surface area contributed by atoms with Gasteiger partial charge >= 0.3 is 0 Å². The lowest BCUT2D eigenvalue weighted by atomic mass is 9.90. The molecule has 25 heavy (non-hydrogen) atoms. The van der Waals surface area contributed by atoms with Crippen molar-refractivity contribution in [2.45, 2.75) is 37.3 Å². The minimum absolute atomic E-state index is 0. The van der Waals surface area contributed by atoms with Crippen molar-refractivity contribution in [3.8, 4) is 0 Å². The van der Waals surface area contributed by atoms with Crippen LogP contribution in [0, 0.1) is 0 Å². The van der Waals surface area contributed by atoms with Gasteiger partial charge in [-0.25, -0.2) is 0 Å². The largest absolute Gasteiger partial charge is 0.369 e. The van der Waals surface area contributed by atoms with Crippen molar-refractivity contribution < 1.29 is 9.53 Å². The van der Waals surface area contributed by atoms with Crippen LogP contribution in [-0.2, 0) is 9.53 Å². The number of methoxy groups -OCH3 is 1. The summed E-state index contributed by atoms with van der Waals surface area (Å²) in [5.41, 5.74) is 0.579. The fourth-order valence-electron chi connectivity index (χ4n) is 3.64. The number of para-hydroxylation sites is 1. The minimum Gasteiger partial charge on any atom is -0.369 e. The van der Waals surface area contributed by atoms with Crippen LogP contribution < -0.4 is 15.5 Å². The Morgan fingerprint density at radius 3 is 2.56 bits per heavy atom. The summed E-state index contributed by atoms with van der Waals surface area (Å²) in [5, 5.41) is 6.54. The number of rotatable bonds is 4. The van der Waals surface area contributed by atoms with Gasteiger partial charge in [-0.1, -0.05) is 18.2 Å². The van der Waals surface area contributed by atoms with Gasteiger partial charge in [0.05, 0.1) is 0 Å². The average Bonchev–Trinajstić information content (AvgIpc) is 2.63. The molecule has 2 N–H and O–H groups in total. The molecule has 0 saturated carbocycles. The second-order valence-electron chi connectivity index (χ2n) is 6.54. The first-order chi connectivity index (χ1) is 11.2. The molecule has 2 fully saturated rings. The third-order valence-corrected chi connectivity index (χ3v) is 5.09. The lowest BCUT2D eigenvalue weighted by Crippen LogP contribution is -2.58. The van der Waals surface area contributed by atoms with Crippen molar-refractivity contribution >= 4 is 36.4 Å². The van der Waals surface area contributed by atoms with Gasteiger partial charge in [-0.2, -0.15) is 0 Å². The Morgan fingerprint density at radius 1 is 1.24 bits per heavy atom. The van der Waals surface area contributed by atoms with Crippen LogP contribution >= 0.6 is 24.8 Å². The van der Waals surface area contributed by atoms with Crippen LogP contribution in [0.15, 0.2) is 30.3 Å². The molecule has 1 aromatic carbocycles. The van der Waals surface area contributed by atoms with Crippen molar-refractivity contribution in [1.29, 1.82) is 0 Å². The quantitative estimate of drug-likeness (QED) is 0.829. The summed E-state index contributed by atoms with van der Waals surface area (Å²) >= 11 is 0. The zero-order valence-corrected chi connectivity index (χ0v) is 16.3. The van der Waals surface area contributed by atoms with E-state index in [2.05, 4.69) is 39.8 Å². The first-order valence-electron chi connectivity index (χ1n) is 8.60. The van der Waals surface area contributed by atoms with E-state index in [1.54, 1.807) is 7.11 Å². The van der Waals surface area contributed by atoms with E-state index >= 15 is 0 Å². The van der Waals surface area contributed by atoms with Gasteiger partial charge in [0.2, 0.25) is 0 Å². The highest BCUT2D eigenvalue weighted by atomic mass is 35.5. The predicted octanol–water partition coefficient (Wildman–Crippen LogP) is 2.38. The number of hydrogen-bond acceptors (Lipinski definition) is 4. The van der Waals surface area contributed by atoms with E-state index in [1.807, 2.05) is 6.07 Å². The lowest BCUT2D eigenvalue weighted by molar-refractivity contribution is -0.147. The summed E-state index contributed by atoms with van der Waals surface area (Å²) < 4.78 is 5.63. The van der Waals surface area contributed by atoms with Crippen molar-refractivity contribution in [3.63, 3.8) is 0 Å². The summed E-state index contributed by atoms with van der Waals surface area (Å²) in [4.78, 5) is 15.1. The molecule has 1 unspecified atom stereocenters. The van der Waals surface area contributed by atoms with Crippen molar-refractivity contribution in [3.05, 3.63) is 30.3 Å². The number of hydrogen-bond donors (Lipinski definition) is 2. The van der Waals surface area contributed by atoms with E-state index in [0.717, 1.165) is 51.9 Å². The number of ether oxygens (including phenoxy) is 1. The van der Waals surface area contributed by atoms with Gasteiger partial charge in [0, 0.05) is 31.9 Å². The van der Waals surface area contributed by atoms with Crippen LogP contribution in [0.2, 0.25) is 0 Å². The standard InChI is InChI=1S/C18H27N3O2.2ClH/c1-23-18(9-11-19-12-10-18)17(22)20-15-6-5-13-21(14-15)16-7-3-2-4-8-16;;/h2-4,7-8,15,19H,5-6,9-14H2,1H3,(H,20,22);2*1H. The monoisotopic (exact) mass is 389 g/mol. The molecule has 1 aromatic rings. The molecule has 142 valence electrons. The molecule has 3 rings (SSSR count). The van der Waals surface area contributed by atoms with Crippen LogP contribution in [0.1, 0.15) is 25.7 Å². The molecule has 0 aliphatic carbocycles. The number of anilines is 1. The first-order valence-corrected chi connectivity index (χ1v) is 8.60. The van der Waals surface area contributed by atoms with Crippen LogP contribution in [0.4, 0.5) is 5.69 Å². The summed E-state index contributed by atoms with van der Waals surface area (Å²) in [6, 6.07) is 10.6. The maximum Gasteiger partial charge on any atom is 0.252 e. The Morgan fingerprint density at radius 2 is 1.92 bits per heavy atom. The molecule has 2 aliphatic heterocycles. The molecule has 0 radical (unpaired) electrons. The van der Waals surface area contributed by atoms with Gasteiger partial charge in [0.1, 0.15) is 5.60 Å². The highest BCUT2D eigenvalue weighted by molar-refractivity contribution is 5.86. The molecule has 1 amide bonds. The smallest absolute Gasteiger partial charge is 0.252 e. The molecule has 7 heteroatoms. The Hall–Kier alpha value is -1.01. The number of carbonyl (C=O) groups excluding carboxylic acids is 1. The number of amides is 1. The van der Waals surface area contributed by atoms with Gasteiger partial charge < -0.3 is 20.3 Å². The Bertz CT molecular complexity index is 524. The summed E-state index contributed by atoms with van der Waals surface area (Å²) in [5.74, 6) is 0.0569. The molecule has 2 aliphatic rings. The van der Waals surface area contributed by atoms with Crippen LogP contribution in [0.3, 0.4) is 0 Å². The highest BCUT2D eigenvalue weighted by Crippen LogP contribution is 2.24. The first kappa shape index (κ1) is 22.0. The van der Waals surface area contributed by atoms with E-state index in [9.17, 15) is 4.79 Å². The van der Waals surface area contributed by atoms with Crippen molar-refractivity contribution in [2.75, 3.05) is 38.2 Å². The molecule has 5 nitrogen and oxygen atoms in total. The zero-order valence-electron chi connectivity index (χ0n) is 14.7. The second kappa shape index (κ2) is 10.2. The summed E-state index contributed by atoms with van der Waals surface area (Å²) in [6.45, 7) is 3.59. The van der Waals surface area contributed by atoms with E-state index in [-0.39, 0.29) is 36.8 Å². The Kier molecular flexibility index (Phi) is 9.00. The maximum atomic E-state index is 12.8. The van der Waals surface area contributed by atoms with Crippen LogP contribution in [-0.4, -0.2) is 50.8 Å². The lowest BCUT2D eigenvalue weighted by Gasteiger charge is -2.39. The molecular formula is C18H29Cl2N3O2. The summed E-state index contributed by atoms with van der Waals surface area (Å²) in [7, 11) is 1.65. The van der Waals surface area contributed by atoms with Crippen LogP contribution in [0.25, 0.3) is 0 Å². The SMILES string of the molecule is COC1(C(=O)NC2CCCN(c3ccccc3)C2)CCNCC1.Cl.Cl. The van der Waals surface area contributed by atoms with Gasteiger partial charge in [0.15, 0.2) is 0 Å². The fraction of sp³-hybridized carbons (Fsp3) is 0.611. The number of nitrogens with zero attached hydrogens (tertiary/aromatic N) is 1. The van der Waals surface area contributed by atoms with E-state index in [0.29, 0.717) is 0 Å². The molecule has 1 atom stereocenters. The third kappa shape index (κ3) is 5.23. The average molecular weight is 390 g/mol. The number of carbonyl (C=O) groups is 1. The number of nitrogens with one attached hydrogen (secondary N) is 2. The summed E-state index contributed by atoms with van der Waals surface area (Å²) in [6.07, 6.45) is 3.61. The molecule has 0 aromatic heterocycles. The normalized spacial score (nSPS) is 22.3. The molecule has 0 spiro atoms. The van der Waals surface area contributed by atoms with Gasteiger partial charge in [-0.3, -0.25) is 4.79 Å². The highest BCUT2D eigenvalue weighted by Gasteiger charge is 2.40. The molecule has 2 heterocycles. The predicted molar refractivity (Wildman–Crippen MR) is 106 cm³/mol. The molecule has 2 saturated heterocycles. The van der Waals surface area contributed by atoms with E-state index in [4.69, 9.17) is 4.74 Å². The number of halogens is 2. The van der Waals surface area contributed by atoms with Gasteiger partial charge in [0.25, 0.3) is 5.91 Å². The molecular weight excluding hydrogens is 361 g/mol. The van der Waals surface area contributed by atoms with Gasteiger partial charge in [-0.15, -0.1) is 24.8 Å². The second-order valence-corrected chi connectivity index (χ2v) is 6.54. The van der Waals surface area contributed by atoms with Crippen LogP contribution in [0.5, 0.6) is 0 Å². The topological polar surface area (TPSA) is 53.6 Å². The van der Waals surface area contributed by atoms with Gasteiger partial charge in [-0.05, 0) is 50.9 Å². The minimum atomic E-state index is -0.653.